The second-order valence-corrected chi connectivity index (χ2v) is 7.02. The number of rotatable bonds is 7. The Hall–Kier alpha value is -1.70. The van der Waals surface area contributed by atoms with Gasteiger partial charge >= 0.3 is 0 Å². The number of nitrogens with zero attached hydrogens (tertiary/aromatic N) is 2. The van der Waals surface area contributed by atoms with E-state index < -0.39 is 16.1 Å². The van der Waals surface area contributed by atoms with Gasteiger partial charge in [0.05, 0.1) is 24.2 Å². The number of hydrogen-bond acceptors (Lipinski definition) is 4. The van der Waals surface area contributed by atoms with Gasteiger partial charge in [0.2, 0.25) is 10.0 Å². The van der Waals surface area contributed by atoms with Crippen LogP contribution in [-0.2, 0) is 10.0 Å². The summed E-state index contributed by atoms with van der Waals surface area (Å²) in [4.78, 5) is 0.0803. The van der Waals surface area contributed by atoms with Gasteiger partial charge < -0.3 is 5.11 Å². The summed E-state index contributed by atoms with van der Waals surface area (Å²) in [7, 11) is -3.66. The van der Waals surface area contributed by atoms with Crippen LogP contribution in [0.2, 0.25) is 0 Å². The second-order valence-electron chi connectivity index (χ2n) is 5.25. The largest absolute Gasteiger partial charge is 0.392 e. The van der Waals surface area contributed by atoms with Crippen LogP contribution in [0.25, 0.3) is 5.69 Å². The lowest BCUT2D eigenvalue weighted by molar-refractivity contribution is 0.167. The quantitative estimate of drug-likeness (QED) is 0.811. The van der Waals surface area contributed by atoms with E-state index in [1.807, 2.05) is 38.1 Å². The average Bonchev–Trinajstić information content (AvgIpc) is 2.97. The molecule has 0 saturated heterocycles. The van der Waals surface area contributed by atoms with Gasteiger partial charge in [-0.3, -0.25) is 0 Å². The van der Waals surface area contributed by atoms with Crippen LogP contribution >= 0.6 is 0 Å². The minimum Gasteiger partial charge on any atom is -0.392 e. The summed E-state index contributed by atoms with van der Waals surface area (Å²) >= 11 is 0. The number of aliphatic hydroxyl groups is 1. The van der Waals surface area contributed by atoms with E-state index in [4.69, 9.17) is 0 Å². The van der Waals surface area contributed by atoms with Crippen LogP contribution in [0.5, 0.6) is 0 Å². The molecule has 0 bridgehead atoms. The Kier molecular flexibility index (Phi) is 5.33. The number of benzene rings is 1. The predicted octanol–water partition coefficient (Wildman–Crippen LogP) is 1.62. The van der Waals surface area contributed by atoms with Gasteiger partial charge in [-0.25, -0.2) is 17.8 Å². The molecule has 2 rings (SSSR count). The van der Waals surface area contributed by atoms with E-state index in [1.54, 1.807) is 0 Å². The van der Waals surface area contributed by atoms with E-state index in [-0.39, 0.29) is 11.4 Å². The molecule has 1 atom stereocenters. The van der Waals surface area contributed by atoms with Crippen molar-refractivity contribution in [3.8, 4) is 5.69 Å². The van der Waals surface area contributed by atoms with Gasteiger partial charge in [-0.05, 0) is 25.5 Å². The number of nitrogens with one attached hydrogen (secondary N) is 1. The van der Waals surface area contributed by atoms with Gasteiger partial charge in [-0.2, -0.15) is 5.10 Å². The van der Waals surface area contributed by atoms with Crippen molar-refractivity contribution in [1.82, 2.24) is 14.5 Å². The molecule has 0 amide bonds. The molecule has 120 valence electrons. The van der Waals surface area contributed by atoms with E-state index in [0.29, 0.717) is 6.42 Å². The zero-order valence-electron chi connectivity index (χ0n) is 12.7. The summed E-state index contributed by atoms with van der Waals surface area (Å²) in [5, 5.41) is 13.7. The van der Waals surface area contributed by atoms with Crippen molar-refractivity contribution >= 4 is 10.0 Å². The molecule has 0 spiro atoms. The van der Waals surface area contributed by atoms with Crippen LogP contribution in [-0.4, -0.2) is 36.0 Å². The summed E-state index contributed by atoms with van der Waals surface area (Å²) in [5.74, 6) is 0. The molecule has 0 aliphatic carbocycles. The fourth-order valence-electron chi connectivity index (χ4n) is 2.01. The molecular weight excluding hydrogens is 302 g/mol. The molecule has 0 fully saturated rings. The van der Waals surface area contributed by atoms with E-state index in [9.17, 15) is 13.5 Å². The molecular formula is C15H21N3O3S. The normalized spacial score (nSPS) is 13.2. The lowest BCUT2D eigenvalue weighted by Crippen LogP contribution is -2.31. The van der Waals surface area contributed by atoms with E-state index in [0.717, 1.165) is 17.7 Å². The third-order valence-electron chi connectivity index (χ3n) is 3.30. The Balaban J connectivity index is 2.11. The standard InChI is InChI=1S/C15H21N3O3S/c1-3-4-14(19)9-17-22(20,21)15-10-16-18(11-15)13-7-5-12(2)6-8-13/h5-8,10-11,14,17,19H,3-4,9H2,1-2H3. The number of aliphatic hydroxyl groups excluding tert-OH is 1. The first-order valence-electron chi connectivity index (χ1n) is 7.22. The van der Waals surface area contributed by atoms with Gasteiger partial charge in [-0.15, -0.1) is 0 Å². The van der Waals surface area contributed by atoms with Crippen molar-refractivity contribution < 1.29 is 13.5 Å². The minimum absolute atomic E-state index is 0.00584. The SMILES string of the molecule is CCCC(O)CNS(=O)(=O)c1cnn(-c2ccc(C)cc2)c1. The molecule has 0 radical (unpaired) electrons. The zero-order valence-corrected chi connectivity index (χ0v) is 13.5. The van der Waals surface area contributed by atoms with E-state index in [2.05, 4.69) is 9.82 Å². The van der Waals surface area contributed by atoms with Crippen LogP contribution in [0.15, 0.2) is 41.6 Å². The molecule has 6 nitrogen and oxygen atoms in total. The van der Waals surface area contributed by atoms with Crippen LogP contribution in [0.3, 0.4) is 0 Å². The van der Waals surface area contributed by atoms with Crippen molar-refractivity contribution in [3.05, 3.63) is 42.2 Å². The Morgan fingerprint density at radius 3 is 2.64 bits per heavy atom. The second kappa shape index (κ2) is 7.04. The number of hydrogen-bond donors (Lipinski definition) is 2. The summed E-state index contributed by atoms with van der Waals surface area (Å²) in [6.07, 6.45) is 3.44. The first-order valence-corrected chi connectivity index (χ1v) is 8.70. The fourth-order valence-corrected chi connectivity index (χ4v) is 3.01. The van der Waals surface area contributed by atoms with Crippen molar-refractivity contribution in [2.45, 2.75) is 37.7 Å². The highest BCUT2D eigenvalue weighted by molar-refractivity contribution is 7.89. The lowest BCUT2D eigenvalue weighted by Gasteiger charge is -2.10. The lowest BCUT2D eigenvalue weighted by atomic mass is 10.2. The molecule has 22 heavy (non-hydrogen) atoms. The average molecular weight is 323 g/mol. The first kappa shape index (κ1) is 16.7. The number of sulfonamides is 1. The van der Waals surface area contributed by atoms with Crippen molar-refractivity contribution in [1.29, 1.82) is 0 Å². The van der Waals surface area contributed by atoms with Crippen molar-refractivity contribution in [2.24, 2.45) is 0 Å². The highest BCUT2D eigenvalue weighted by Gasteiger charge is 2.18. The maximum absolute atomic E-state index is 12.2. The van der Waals surface area contributed by atoms with Crippen LogP contribution in [0.1, 0.15) is 25.3 Å². The summed E-state index contributed by atoms with van der Waals surface area (Å²) in [6.45, 7) is 3.92. The third-order valence-corrected chi connectivity index (χ3v) is 4.68. The van der Waals surface area contributed by atoms with Crippen molar-refractivity contribution in [3.63, 3.8) is 0 Å². The van der Waals surface area contributed by atoms with Gasteiger partial charge in [0.15, 0.2) is 0 Å². The number of aromatic nitrogens is 2. The fraction of sp³-hybridized carbons (Fsp3) is 0.400. The van der Waals surface area contributed by atoms with E-state index >= 15 is 0 Å². The molecule has 7 heteroatoms. The number of aryl methyl sites for hydroxylation is 1. The third kappa shape index (κ3) is 4.16. The van der Waals surface area contributed by atoms with Gasteiger partial charge in [-0.1, -0.05) is 31.0 Å². The van der Waals surface area contributed by atoms with Crippen LogP contribution < -0.4 is 4.72 Å². The first-order chi connectivity index (χ1) is 10.4. The molecule has 1 unspecified atom stereocenters. The van der Waals surface area contributed by atoms with Crippen LogP contribution in [0, 0.1) is 6.92 Å². The molecule has 2 N–H and O–H groups in total. The molecule has 1 heterocycles. The monoisotopic (exact) mass is 323 g/mol. The zero-order chi connectivity index (χ0) is 16.2. The molecule has 1 aromatic carbocycles. The molecule has 2 aromatic rings. The highest BCUT2D eigenvalue weighted by Crippen LogP contribution is 2.13. The smallest absolute Gasteiger partial charge is 0.243 e. The molecule has 0 saturated carbocycles. The van der Waals surface area contributed by atoms with Gasteiger partial charge in [0.25, 0.3) is 0 Å². The Morgan fingerprint density at radius 2 is 2.00 bits per heavy atom. The maximum atomic E-state index is 12.2. The van der Waals surface area contributed by atoms with Crippen molar-refractivity contribution in [2.75, 3.05) is 6.54 Å². The van der Waals surface area contributed by atoms with Gasteiger partial charge in [0, 0.05) is 6.54 Å². The predicted molar refractivity (Wildman–Crippen MR) is 84.4 cm³/mol. The maximum Gasteiger partial charge on any atom is 0.243 e. The minimum atomic E-state index is -3.66. The molecule has 0 aliphatic rings. The van der Waals surface area contributed by atoms with Crippen LogP contribution in [0.4, 0.5) is 0 Å². The summed E-state index contributed by atoms with van der Waals surface area (Å²) < 4.78 is 28.2. The highest BCUT2D eigenvalue weighted by atomic mass is 32.2. The summed E-state index contributed by atoms with van der Waals surface area (Å²) in [5.41, 5.74) is 1.91. The Bertz CT molecular complexity index is 708. The van der Waals surface area contributed by atoms with Gasteiger partial charge in [0.1, 0.15) is 4.90 Å². The molecule has 1 aromatic heterocycles. The topological polar surface area (TPSA) is 84.2 Å². The molecule has 0 aliphatic heterocycles. The van der Waals surface area contributed by atoms with E-state index in [1.165, 1.54) is 17.1 Å². The Labute approximate surface area is 130 Å². The summed E-state index contributed by atoms with van der Waals surface area (Å²) in [6, 6.07) is 7.61. The Morgan fingerprint density at radius 1 is 1.32 bits per heavy atom.